The maximum absolute atomic E-state index is 13.5. The summed E-state index contributed by atoms with van der Waals surface area (Å²) in [6.07, 6.45) is 0.0829. The highest BCUT2D eigenvalue weighted by molar-refractivity contribution is 7.80. The lowest BCUT2D eigenvalue weighted by molar-refractivity contribution is -0.137. The van der Waals surface area contributed by atoms with E-state index < -0.39 is 11.7 Å². The molecular formula is C19H21F3N6S. The van der Waals surface area contributed by atoms with Crippen molar-refractivity contribution in [3.05, 3.63) is 59.4 Å². The molecule has 1 aromatic heterocycles. The van der Waals surface area contributed by atoms with Crippen LogP contribution < -0.4 is 16.1 Å². The number of nitrogens with zero attached hydrogens (tertiary/aromatic N) is 4. The van der Waals surface area contributed by atoms with Crippen molar-refractivity contribution in [2.45, 2.75) is 12.7 Å². The molecule has 3 rings (SSSR count). The number of benzene rings is 1. The van der Waals surface area contributed by atoms with E-state index in [-0.39, 0.29) is 10.7 Å². The molecule has 0 amide bonds. The quantitative estimate of drug-likeness (QED) is 0.439. The van der Waals surface area contributed by atoms with E-state index in [1.54, 1.807) is 18.5 Å². The largest absolute Gasteiger partial charge is 0.417 e. The lowest BCUT2D eigenvalue weighted by Crippen LogP contribution is -2.46. The summed E-state index contributed by atoms with van der Waals surface area (Å²) in [5.74, 6) is 0. The first-order valence-electron chi connectivity index (χ1n) is 8.99. The van der Waals surface area contributed by atoms with Crippen LogP contribution in [-0.4, -0.2) is 47.4 Å². The van der Waals surface area contributed by atoms with E-state index in [1.165, 1.54) is 17.7 Å². The summed E-state index contributed by atoms with van der Waals surface area (Å²) in [5, 5.41) is 3.53. The molecule has 1 aliphatic rings. The highest BCUT2D eigenvalue weighted by Crippen LogP contribution is 2.34. The minimum Gasteiger partial charge on any atom is -0.375 e. The molecule has 2 aromatic rings. The Morgan fingerprint density at radius 2 is 1.86 bits per heavy atom. The predicted octanol–water partition coefficient (Wildman–Crippen LogP) is 2.59. The van der Waals surface area contributed by atoms with Crippen LogP contribution in [0.5, 0.6) is 0 Å². The number of halogens is 3. The third-order valence-corrected chi connectivity index (χ3v) is 4.70. The molecule has 0 radical (unpaired) electrons. The summed E-state index contributed by atoms with van der Waals surface area (Å²) in [7, 11) is 0. The normalized spacial score (nSPS) is 15.6. The number of nitrogens with one attached hydrogen (secondary N) is 1. The third-order valence-electron chi connectivity index (χ3n) is 4.61. The van der Waals surface area contributed by atoms with Crippen LogP contribution in [0.25, 0.3) is 0 Å². The molecule has 2 heterocycles. The second-order valence-corrected chi connectivity index (χ2v) is 7.06. The number of thiocarbonyl (C=S) groups is 1. The van der Waals surface area contributed by atoms with Crippen LogP contribution in [0.2, 0.25) is 0 Å². The van der Waals surface area contributed by atoms with E-state index in [0.717, 1.165) is 25.8 Å². The van der Waals surface area contributed by atoms with Crippen molar-refractivity contribution in [3.8, 4) is 0 Å². The minimum atomic E-state index is -4.50. The molecule has 29 heavy (non-hydrogen) atoms. The van der Waals surface area contributed by atoms with Crippen molar-refractivity contribution in [3.63, 3.8) is 0 Å². The number of pyridine rings is 1. The van der Waals surface area contributed by atoms with Crippen LogP contribution in [-0.2, 0) is 12.7 Å². The lowest BCUT2D eigenvalue weighted by atomic mass is 10.1. The van der Waals surface area contributed by atoms with Gasteiger partial charge >= 0.3 is 6.18 Å². The first-order valence-corrected chi connectivity index (χ1v) is 9.40. The van der Waals surface area contributed by atoms with E-state index in [9.17, 15) is 13.2 Å². The standard InChI is InChI=1S/C19H21F3N6S/c20-19(21,22)17-11-16(2-1-15(17)12-25-26-18(23)29)28-9-7-27(8-10-28)13-14-3-5-24-6-4-14/h1-6,11-12H,7-10,13H2,(H3,23,26,29)/b25-12+. The summed E-state index contributed by atoms with van der Waals surface area (Å²) in [6, 6.07) is 8.19. The number of alkyl halides is 3. The Hall–Kier alpha value is -2.72. The van der Waals surface area contributed by atoms with E-state index in [0.29, 0.717) is 18.8 Å². The maximum atomic E-state index is 13.5. The fourth-order valence-corrected chi connectivity index (χ4v) is 3.23. The molecular weight excluding hydrogens is 401 g/mol. The number of rotatable bonds is 5. The van der Waals surface area contributed by atoms with Gasteiger partial charge < -0.3 is 10.6 Å². The molecule has 3 N–H and O–H groups in total. The van der Waals surface area contributed by atoms with Gasteiger partial charge in [0.25, 0.3) is 0 Å². The highest BCUT2D eigenvalue weighted by Gasteiger charge is 2.34. The van der Waals surface area contributed by atoms with Gasteiger partial charge in [-0.2, -0.15) is 18.3 Å². The summed E-state index contributed by atoms with van der Waals surface area (Å²) in [6.45, 7) is 3.64. The average molecular weight is 422 g/mol. The van der Waals surface area contributed by atoms with Crippen LogP contribution in [0.3, 0.4) is 0 Å². The number of hydrogen-bond acceptors (Lipinski definition) is 5. The molecule has 1 aliphatic heterocycles. The molecule has 6 nitrogen and oxygen atoms in total. The Kier molecular flexibility index (Phi) is 6.65. The minimum absolute atomic E-state index is 0.0543. The molecule has 0 unspecified atom stereocenters. The zero-order valence-electron chi connectivity index (χ0n) is 15.6. The van der Waals surface area contributed by atoms with Crippen molar-refractivity contribution in [1.29, 1.82) is 0 Å². The maximum Gasteiger partial charge on any atom is 0.417 e. The molecule has 10 heteroatoms. The van der Waals surface area contributed by atoms with Crippen molar-refractivity contribution in [2.75, 3.05) is 31.1 Å². The zero-order valence-corrected chi connectivity index (χ0v) is 16.4. The van der Waals surface area contributed by atoms with Crippen LogP contribution in [0.15, 0.2) is 47.8 Å². The lowest BCUT2D eigenvalue weighted by Gasteiger charge is -2.36. The fraction of sp³-hybridized carbons (Fsp3) is 0.316. The molecule has 1 saturated heterocycles. The van der Waals surface area contributed by atoms with Gasteiger partial charge in [-0.25, -0.2) is 0 Å². The Labute approximate surface area is 172 Å². The number of piperazine rings is 1. The number of hydrogen-bond donors (Lipinski definition) is 2. The second kappa shape index (κ2) is 9.19. The monoisotopic (exact) mass is 422 g/mol. The summed E-state index contributed by atoms with van der Waals surface area (Å²) in [5.41, 5.74) is 8.41. The van der Waals surface area contributed by atoms with Crippen molar-refractivity contribution in [2.24, 2.45) is 10.8 Å². The van der Waals surface area contributed by atoms with Gasteiger partial charge in [0.2, 0.25) is 0 Å². The molecule has 0 bridgehead atoms. The first-order chi connectivity index (χ1) is 13.8. The zero-order chi connectivity index (χ0) is 20.9. The van der Waals surface area contributed by atoms with Crippen molar-refractivity contribution in [1.82, 2.24) is 15.3 Å². The van der Waals surface area contributed by atoms with Gasteiger partial charge in [0.05, 0.1) is 11.8 Å². The van der Waals surface area contributed by atoms with Crippen LogP contribution in [0.1, 0.15) is 16.7 Å². The van der Waals surface area contributed by atoms with Crippen LogP contribution in [0.4, 0.5) is 18.9 Å². The SMILES string of the molecule is NC(=S)N/N=C/c1ccc(N2CCN(Cc3ccncc3)CC2)cc1C(F)(F)F. The topological polar surface area (TPSA) is 69.8 Å². The molecule has 0 aliphatic carbocycles. The molecule has 1 fully saturated rings. The van der Waals surface area contributed by atoms with Gasteiger partial charge in [-0.1, -0.05) is 6.07 Å². The van der Waals surface area contributed by atoms with E-state index in [1.807, 2.05) is 17.0 Å². The van der Waals surface area contributed by atoms with E-state index >= 15 is 0 Å². The second-order valence-electron chi connectivity index (χ2n) is 6.62. The van der Waals surface area contributed by atoms with Crippen molar-refractivity contribution >= 4 is 29.2 Å². The van der Waals surface area contributed by atoms with Gasteiger partial charge in [-0.3, -0.25) is 15.3 Å². The van der Waals surface area contributed by atoms with Gasteiger partial charge in [0.15, 0.2) is 5.11 Å². The smallest absolute Gasteiger partial charge is 0.375 e. The number of hydrazone groups is 1. The third kappa shape index (κ3) is 5.88. The molecule has 0 saturated carbocycles. The Balaban J connectivity index is 1.69. The summed E-state index contributed by atoms with van der Waals surface area (Å²) >= 11 is 4.59. The molecule has 154 valence electrons. The summed E-state index contributed by atoms with van der Waals surface area (Å²) < 4.78 is 40.6. The van der Waals surface area contributed by atoms with Crippen molar-refractivity contribution < 1.29 is 13.2 Å². The predicted molar refractivity (Wildman–Crippen MR) is 111 cm³/mol. The van der Waals surface area contributed by atoms with Crippen LogP contribution in [0, 0.1) is 0 Å². The number of anilines is 1. The highest BCUT2D eigenvalue weighted by atomic mass is 32.1. The Morgan fingerprint density at radius 3 is 2.48 bits per heavy atom. The molecule has 1 aromatic carbocycles. The van der Waals surface area contributed by atoms with Crippen LogP contribution >= 0.6 is 12.2 Å². The van der Waals surface area contributed by atoms with E-state index in [4.69, 9.17) is 5.73 Å². The van der Waals surface area contributed by atoms with Gasteiger partial charge in [0, 0.05) is 56.4 Å². The van der Waals surface area contributed by atoms with Gasteiger partial charge in [-0.15, -0.1) is 0 Å². The van der Waals surface area contributed by atoms with Gasteiger partial charge in [-0.05, 0) is 42.0 Å². The van der Waals surface area contributed by atoms with Gasteiger partial charge in [0.1, 0.15) is 0 Å². The fourth-order valence-electron chi connectivity index (χ4n) is 3.18. The number of aromatic nitrogens is 1. The molecule has 0 spiro atoms. The summed E-state index contributed by atoms with van der Waals surface area (Å²) in [4.78, 5) is 8.25. The molecule has 0 atom stereocenters. The Bertz CT molecular complexity index is 864. The number of nitrogens with two attached hydrogens (primary N) is 1. The average Bonchev–Trinajstić information content (AvgIpc) is 2.68. The van der Waals surface area contributed by atoms with E-state index in [2.05, 4.69) is 32.6 Å². The Morgan fingerprint density at radius 1 is 1.17 bits per heavy atom. The first kappa shape index (κ1) is 21.0.